The average Bonchev–Trinajstić information content (AvgIpc) is 3.18. The van der Waals surface area contributed by atoms with Gasteiger partial charge < -0.3 is 10.2 Å². The van der Waals surface area contributed by atoms with E-state index in [9.17, 15) is 4.79 Å². The minimum absolute atomic E-state index is 0. The zero-order valence-electron chi connectivity index (χ0n) is 12.6. The van der Waals surface area contributed by atoms with Gasteiger partial charge >= 0.3 is 0 Å². The lowest BCUT2D eigenvalue weighted by atomic mass is 9.91. The molecule has 0 saturated carbocycles. The molecule has 1 aromatic heterocycles. The van der Waals surface area contributed by atoms with Crippen LogP contribution in [0.5, 0.6) is 0 Å². The van der Waals surface area contributed by atoms with Crippen LogP contribution >= 0.6 is 12.4 Å². The molecular weight excluding hydrogens is 288 g/mol. The van der Waals surface area contributed by atoms with Gasteiger partial charge in [-0.2, -0.15) is 5.10 Å². The normalized spacial score (nSPS) is 23.1. The summed E-state index contributed by atoms with van der Waals surface area (Å²) in [4.78, 5) is 14.4. The van der Waals surface area contributed by atoms with Gasteiger partial charge in [0.1, 0.15) is 0 Å². The second kappa shape index (κ2) is 7.27. The van der Waals surface area contributed by atoms with E-state index >= 15 is 0 Å². The molecule has 6 heteroatoms. The third kappa shape index (κ3) is 3.58. The molecule has 2 saturated heterocycles. The average molecular weight is 313 g/mol. The Morgan fingerprint density at radius 3 is 2.71 bits per heavy atom. The van der Waals surface area contributed by atoms with E-state index in [1.54, 1.807) is 0 Å². The Bertz CT molecular complexity index is 462. The van der Waals surface area contributed by atoms with Crippen molar-refractivity contribution in [1.82, 2.24) is 20.0 Å². The summed E-state index contributed by atoms with van der Waals surface area (Å²) in [5, 5.41) is 7.66. The van der Waals surface area contributed by atoms with E-state index in [-0.39, 0.29) is 18.4 Å². The number of piperidine rings is 1. The number of aryl methyl sites for hydroxylation is 1. The van der Waals surface area contributed by atoms with Crippen molar-refractivity contribution in [3.63, 3.8) is 0 Å². The summed E-state index contributed by atoms with van der Waals surface area (Å²) in [6, 6.07) is 0.0781. The number of rotatable bonds is 3. The number of amides is 1. The summed E-state index contributed by atoms with van der Waals surface area (Å²) in [5.41, 5.74) is 1.33. The Morgan fingerprint density at radius 1 is 1.38 bits per heavy atom. The number of nitrogens with zero attached hydrogens (tertiary/aromatic N) is 3. The van der Waals surface area contributed by atoms with Crippen molar-refractivity contribution in [1.29, 1.82) is 0 Å². The fourth-order valence-corrected chi connectivity index (χ4v) is 3.31. The first-order valence-electron chi connectivity index (χ1n) is 7.82. The van der Waals surface area contributed by atoms with Crippen LogP contribution < -0.4 is 5.32 Å². The van der Waals surface area contributed by atoms with Crippen LogP contribution in [0.1, 0.15) is 44.1 Å². The highest BCUT2D eigenvalue weighted by Gasteiger charge is 2.30. The molecule has 21 heavy (non-hydrogen) atoms. The molecule has 0 radical (unpaired) electrons. The molecule has 2 aliphatic heterocycles. The minimum atomic E-state index is 0. The Kier molecular flexibility index (Phi) is 5.65. The van der Waals surface area contributed by atoms with Crippen molar-refractivity contribution in [2.75, 3.05) is 19.6 Å². The second-order valence-corrected chi connectivity index (χ2v) is 5.88. The number of halogens is 1. The van der Waals surface area contributed by atoms with Crippen LogP contribution in [-0.4, -0.2) is 46.3 Å². The number of carbonyl (C=O) groups is 1. The monoisotopic (exact) mass is 312 g/mol. The van der Waals surface area contributed by atoms with E-state index in [0.29, 0.717) is 11.8 Å². The Labute approximate surface area is 132 Å². The van der Waals surface area contributed by atoms with Gasteiger partial charge in [0, 0.05) is 25.8 Å². The summed E-state index contributed by atoms with van der Waals surface area (Å²) >= 11 is 0. The lowest BCUT2D eigenvalue weighted by Gasteiger charge is -2.33. The second-order valence-electron chi connectivity index (χ2n) is 5.88. The fourth-order valence-electron chi connectivity index (χ4n) is 3.31. The molecular formula is C15H25ClN4O. The Balaban J connectivity index is 0.00000161. The van der Waals surface area contributed by atoms with E-state index in [1.165, 1.54) is 5.56 Å². The lowest BCUT2D eigenvalue weighted by molar-refractivity contribution is -0.134. The molecule has 2 fully saturated rings. The number of nitrogens with one attached hydrogen (secondary N) is 1. The maximum atomic E-state index is 12.3. The molecule has 0 spiro atoms. The molecule has 3 rings (SSSR count). The van der Waals surface area contributed by atoms with Gasteiger partial charge in [-0.05, 0) is 50.6 Å². The van der Waals surface area contributed by atoms with Gasteiger partial charge in [0.05, 0.1) is 12.2 Å². The van der Waals surface area contributed by atoms with Gasteiger partial charge in [-0.1, -0.05) is 0 Å². The van der Waals surface area contributed by atoms with Gasteiger partial charge in [0.2, 0.25) is 5.91 Å². The highest BCUT2D eigenvalue weighted by Crippen LogP contribution is 2.28. The molecule has 0 unspecified atom stereocenters. The fraction of sp³-hybridized carbons (Fsp3) is 0.733. The molecule has 5 nitrogen and oxygen atoms in total. The summed E-state index contributed by atoms with van der Waals surface area (Å²) in [6.45, 7) is 5.79. The van der Waals surface area contributed by atoms with E-state index in [2.05, 4.69) is 23.5 Å². The van der Waals surface area contributed by atoms with Crippen LogP contribution in [0.3, 0.4) is 0 Å². The summed E-state index contributed by atoms with van der Waals surface area (Å²) in [6.07, 6.45) is 8.40. The highest BCUT2D eigenvalue weighted by molar-refractivity contribution is 5.85. The van der Waals surface area contributed by atoms with Gasteiger partial charge in [-0.25, -0.2) is 0 Å². The van der Waals surface area contributed by atoms with E-state index in [0.717, 1.165) is 51.9 Å². The van der Waals surface area contributed by atoms with Crippen LogP contribution in [0.15, 0.2) is 12.4 Å². The number of likely N-dealkylation sites (tertiary alicyclic amines) is 1. The topological polar surface area (TPSA) is 50.2 Å². The standard InChI is InChI=1S/C15H24N4O.ClH/c1-2-19-11-13(10-17-19)12-5-8-18(9-6-12)15(20)14-4-3-7-16-14;/h10-12,14,16H,2-9H2,1H3;1H/t14-;/m0./s1. The van der Waals surface area contributed by atoms with Crippen molar-refractivity contribution >= 4 is 18.3 Å². The molecule has 0 aromatic carbocycles. The van der Waals surface area contributed by atoms with Crippen molar-refractivity contribution in [2.24, 2.45) is 0 Å². The van der Waals surface area contributed by atoms with Gasteiger partial charge in [0.25, 0.3) is 0 Å². The zero-order valence-corrected chi connectivity index (χ0v) is 13.4. The van der Waals surface area contributed by atoms with E-state index < -0.39 is 0 Å². The van der Waals surface area contributed by atoms with Crippen molar-refractivity contribution < 1.29 is 4.79 Å². The zero-order chi connectivity index (χ0) is 13.9. The number of hydrogen-bond acceptors (Lipinski definition) is 3. The minimum Gasteiger partial charge on any atom is -0.341 e. The van der Waals surface area contributed by atoms with Crippen LogP contribution in [0.25, 0.3) is 0 Å². The van der Waals surface area contributed by atoms with Crippen molar-refractivity contribution in [2.45, 2.75) is 51.1 Å². The molecule has 1 aromatic rings. The number of aromatic nitrogens is 2. The lowest BCUT2D eigenvalue weighted by Crippen LogP contribution is -2.46. The van der Waals surface area contributed by atoms with Crippen LogP contribution in [0.2, 0.25) is 0 Å². The SMILES string of the molecule is CCn1cc(C2CCN(C(=O)[C@@H]3CCCN3)CC2)cn1.Cl. The van der Waals surface area contributed by atoms with E-state index in [1.807, 2.05) is 15.8 Å². The predicted octanol–water partition coefficient (Wildman–Crippen LogP) is 1.78. The van der Waals surface area contributed by atoms with Crippen LogP contribution in [0.4, 0.5) is 0 Å². The third-order valence-electron chi connectivity index (χ3n) is 4.61. The summed E-state index contributed by atoms with van der Waals surface area (Å²) < 4.78 is 1.98. The van der Waals surface area contributed by atoms with Gasteiger partial charge in [-0.15, -0.1) is 12.4 Å². The first-order chi connectivity index (χ1) is 9.78. The Hall–Kier alpha value is -1.07. The largest absolute Gasteiger partial charge is 0.341 e. The quantitative estimate of drug-likeness (QED) is 0.925. The number of carbonyl (C=O) groups excluding carboxylic acids is 1. The van der Waals surface area contributed by atoms with Crippen LogP contribution in [-0.2, 0) is 11.3 Å². The van der Waals surface area contributed by atoms with Gasteiger partial charge in [0.15, 0.2) is 0 Å². The first-order valence-corrected chi connectivity index (χ1v) is 7.82. The molecule has 1 N–H and O–H groups in total. The molecule has 0 aliphatic carbocycles. The first kappa shape index (κ1) is 16.3. The molecule has 3 heterocycles. The third-order valence-corrected chi connectivity index (χ3v) is 4.61. The molecule has 2 aliphatic rings. The van der Waals surface area contributed by atoms with Crippen molar-refractivity contribution in [3.05, 3.63) is 18.0 Å². The predicted molar refractivity (Wildman–Crippen MR) is 84.7 cm³/mol. The van der Waals surface area contributed by atoms with Crippen molar-refractivity contribution in [3.8, 4) is 0 Å². The summed E-state index contributed by atoms with van der Waals surface area (Å²) in [5.74, 6) is 0.876. The van der Waals surface area contributed by atoms with Crippen LogP contribution in [0, 0.1) is 0 Å². The maximum absolute atomic E-state index is 12.3. The highest BCUT2D eigenvalue weighted by atomic mass is 35.5. The van der Waals surface area contributed by atoms with Gasteiger partial charge in [-0.3, -0.25) is 9.48 Å². The molecule has 1 amide bonds. The maximum Gasteiger partial charge on any atom is 0.239 e. The Morgan fingerprint density at radius 2 is 2.14 bits per heavy atom. The number of hydrogen-bond donors (Lipinski definition) is 1. The summed E-state index contributed by atoms with van der Waals surface area (Å²) in [7, 11) is 0. The molecule has 1 atom stereocenters. The molecule has 0 bridgehead atoms. The smallest absolute Gasteiger partial charge is 0.239 e. The molecule has 118 valence electrons. The van der Waals surface area contributed by atoms with E-state index in [4.69, 9.17) is 0 Å².